The van der Waals surface area contributed by atoms with E-state index in [2.05, 4.69) is 11.9 Å². The first-order valence-electron chi connectivity index (χ1n) is 4.59. The van der Waals surface area contributed by atoms with Crippen LogP contribution in [0, 0.1) is 0 Å². The maximum absolute atomic E-state index is 11.4. The van der Waals surface area contributed by atoms with Crippen molar-refractivity contribution in [1.29, 1.82) is 0 Å². The van der Waals surface area contributed by atoms with Crippen LogP contribution >= 0.6 is 0 Å². The number of para-hydroxylation sites is 1. The molecule has 1 aromatic rings. The summed E-state index contributed by atoms with van der Waals surface area (Å²) in [5, 5.41) is 2.63. The van der Waals surface area contributed by atoms with Gasteiger partial charge in [0, 0.05) is 11.1 Å². The van der Waals surface area contributed by atoms with E-state index >= 15 is 0 Å². The lowest BCUT2D eigenvalue weighted by atomic mass is 10.1. The maximum Gasteiger partial charge on any atom is 0.250 e. The zero-order chi connectivity index (χ0) is 11.4. The molecule has 15 heavy (non-hydrogen) atoms. The molecule has 3 heteroatoms. The number of Topliss-reactive ketones (excluding diaryl/α,β-unsaturated/α-hetero) is 1. The molecule has 1 rings (SSSR count). The second kappa shape index (κ2) is 4.55. The lowest BCUT2D eigenvalue weighted by Crippen LogP contribution is -2.14. The second-order valence-electron chi connectivity index (χ2n) is 3.34. The normalized spacial score (nSPS) is 9.47. The molecule has 1 amide bonds. The Hall–Kier alpha value is -1.90. The van der Waals surface area contributed by atoms with Gasteiger partial charge in [-0.3, -0.25) is 9.59 Å². The summed E-state index contributed by atoms with van der Waals surface area (Å²) in [5.41, 5.74) is 1.44. The number of ketones is 1. The van der Waals surface area contributed by atoms with Crippen LogP contribution in [-0.2, 0) is 4.79 Å². The van der Waals surface area contributed by atoms with Gasteiger partial charge in [0.2, 0.25) is 0 Å². The molecule has 1 N–H and O–H groups in total. The molecule has 0 saturated heterocycles. The number of rotatable bonds is 3. The minimum atomic E-state index is -0.274. The van der Waals surface area contributed by atoms with Gasteiger partial charge in [-0.2, -0.15) is 0 Å². The smallest absolute Gasteiger partial charge is 0.250 e. The lowest BCUT2D eigenvalue weighted by Gasteiger charge is -2.08. The highest BCUT2D eigenvalue weighted by Crippen LogP contribution is 2.15. The molecule has 0 saturated carbocycles. The summed E-state index contributed by atoms with van der Waals surface area (Å²) in [5.74, 6) is -0.351. The largest absolute Gasteiger partial charge is 0.322 e. The van der Waals surface area contributed by atoms with E-state index in [0.29, 0.717) is 16.8 Å². The van der Waals surface area contributed by atoms with Crippen molar-refractivity contribution in [1.82, 2.24) is 0 Å². The quantitative estimate of drug-likeness (QED) is 0.605. The Balaban J connectivity index is 2.99. The van der Waals surface area contributed by atoms with Crippen LogP contribution in [0.1, 0.15) is 24.2 Å². The Morgan fingerprint density at radius 2 is 1.80 bits per heavy atom. The van der Waals surface area contributed by atoms with Crippen molar-refractivity contribution in [3.63, 3.8) is 0 Å². The molecule has 1 aromatic carbocycles. The molecule has 0 radical (unpaired) electrons. The molecule has 0 aliphatic heterocycles. The monoisotopic (exact) mass is 203 g/mol. The summed E-state index contributed by atoms with van der Waals surface area (Å²) in [4.78, 5) is 22.6. The Labute approximate surface area is 88.8 Å². The summed E-state index contributed by atoms with van der Waals surface area (Å²) in [6.07, 6.45) is 0. The van der Waals surface area contributed by atoms with E-state index in [1.54, 1.807) is 31.2 Å². The molecule has 3 nitrogen and oxygen atoms in total. The molecule has 0 aromatic heterocycles. The van der Waals surface area contributed by atoms with Crippen LogP contribution in [-0.4, -0.2) is 11.7 Å². The lowest BCUT2D eigenvalue weighted by molar-refractivity contribution is -0.112. The Morgan fingerprint density at radius 1 is 1.20 bits per heavy atom. The van der Waals surface area contributed by atoms with Crippen LogP contribution in [0.15, 0.2) is 36.4 Å². The van der Waals surface area contributed by atoms with E-state index in [1.165, 1.54) is 6.92 Å². The van der Waals surface area contributed by atoms with Crippen LogP contribution in [0.2, 0.25) is 0 Å². The summed E-state index contributed by atoms with van der Waals surface area (Å²) < 4.78 is 0. The predicted octanol–water partition coefficient (Wildman–Crippen LogP) is 2.40. The number of hydrogen-bond donors (Lipinski definition) is 1. The van der Waals surface area contributed by atoms with Crippen LogP contribution in [0.3, 0.4) is 0 Å². The highest BCUT2D eigenvalue weighted by Gasteiger charge is 2.09. The van der Waals surface area contributed by atoms with E-state index in [-0.39, 0.29) is 11.7 Å². The zero-order valence-electron chi connectivity index (χ0n) is 8.83. The third kappa shape index (κ3) is 2.77. The maximum atomic E-state index is 11.4. The van der Waals surface area contributed by atoms with E-state index in [9.17, 15) is 9.59 Å². The van der Waals surface area contributed by atoms with Crippen molar-refractivity contribution in [3.8, 4) is 0 Å². The SMILES string of the molecule is C=C(C)C(=O)Nc1ccccc1C(C)=O. The van der Waals surface area contributed by atoms with E-state index in [4.69, 9.17) is 0 Å². The average molecular weight is 203 g/mol. The molecule has 0 aliphatic carbocycles. The fourth-order valence-electron chi connectivity index (χ4n) is 1.13. The second-order valence-corrected chi connectivity index (χ2v) is 3.34. The molecule has 0 unspecified atom stereocenters. The van der Waals surface area contributed by atoms with Crippen molar-refractivity contribution in [2.45, 2.75) is 13.8 Å². The van der Waals surface area contributed by atoms with Crippen molar-refractivity contribution in [2.75, 3.05) is 5.32 Å². The molecule has 0 bridgehead atoms. The standard InChI is InChI=1S/C12H13NO2/c1-8(2)12(15)13-11-7-5-4-6-10(11)9(3)14/h4-7H,1H2,2-3H3,(H,13,15). The van der Waals surface area contributed by atoms with Gasteiger partial charge in [-0.15, -0.1) is 0 Å². The highest BCUT2D eigenvalue weighted by molar-refractivity contribution is 6.08. The molecule has 0 atom stereocenters. The van der Waals surface area contributed by atoms with Crippen molar-refractivity contribution in [2.24, 2.45) is 0 Å². The van der Waals surface area contributed by atoms with Crippen molar-refractivity contribution in [3.05, 3.63) is 42.0 Å². The summed E-state index contributed by atoms with van der Waals surface area (Å²) in [6.45, 7) is 6.61. The van der Waals surface area contributed by atoms with E-state index < -0.39 is 0 Å². The minimum absolute atomic E-state index is 0.0763. The first-order valence-corrected chi connectivity index (χ1v) is 4.59. The Morgan fingerprint density at radius 3 is 2.33 bits per heavy atom. The van der Waals surface area contributed by atoms with Crippen molar-refractivity contribution >= 4 is 17.4 Å². The summed E-state index contributed by atoms with van der Waals surface area (Å²) >= 11 is 0. The number of carbonyl (C=O) groups excluding carboxylic acids is 2. The van der Waals surface area contributed by atoms with Gasteiger partial charge in [0.25, 0.3) is 5.91 Å². The first kappa shape index (κ1) is 11.2. The van der Waals surface area contributed by atoms with Crippen molar-refractivity contribution < 1.29 is 9.59 Å². The van der Waals surface area contributed by atoms with Gasteiger partial charge >= 0.3 is 0 Å². The van der Waals surface area contributed by atoms with Gasteiger partial charge < -0.3 is 5.32 Å². The van der Waals surface area contributed by atoms with E-state index in [1.807, 2.05) is 0 Å². The summed E-state index contributed by atoms with van der Waals surface area (Å²) in [7, 11) is 0. The molecular weight excluding hydrogens is 190 g/mol. The van der Waals surface area contributed by atoms with Gasteiger partial charge in [-0.25, -0.2) is 0 Å². The molecule has 0 fully saturated rings. The summed E-state index contributed by atoms with van der Waals surface area (Å²) in [6, 6.07) is 6.89. The van der Waals surface area contributed by atoms with Crippen LogP contribution in [0.25, 0.3) is 0 Å². The van der Waals surface area contributed by atoms with Crippen LogP contribution < -0.4 is 5.32 Å². The topological polar surface area (TPSA) is 46.2 Å². The number of anilines is 1. The van der Waals surface area contributed by atoms with Gasteiger partial charge in [0.15, 0.2) is 5.78 Å². The fraction of sp³-hybridized carbons (Fsp3) is 0.167. The van der Waals surface area contributed by atoms with Crippen LogP contribution in [0.4, 0.5) is 5.69 Å². The number of benzene rings is 1. The van der Waals surface area contributed by atoms with Crippen LogP contribution in [0.5, 0.6) is 0 Å². The third-order valence-corrected chi connectivity index (χ3v) is 1.94. The highest BCUT2D eigenvalue weighted by atomic mass is 16.1. The number of hydrogen-bond acceptors (Lipinski definition) is 2. The van der Waals surface area contributed by atoms with Gasteiger partial charge in [0.1, 0.15) is 0 Å². The molecule has 78 valence electrons. The number of amides is 1. The third-order valence-electron chi connectivity index (χ3n) is 1.94. The fourth-order valence-corrected chi connectivity index (χ4v) is 1.13. The Kier molecular flexibility index (Phi) is 3.39. The molecule has 0 spiro atoms. The first-order chi connectivity index (χ1) is 7.02. The molecular formula is C12H13NO2. The van der Waals surface area contributed by atoms with Gasteiger partial charge in [0.05, 0.1) is 5.69 Å². The predicted molar refractivity (Wildman–Crippen MR) is 59.9 cm³/mol. The number of nitrogens with one attached hydrogen (secondary N) is 1. The molecule has 0 aliphatic rings. The zero-order valence-corrected chi connectivity index (χ0v) is 8.83. The number of carbonyl (C=O) groups is 2. The Bertz CT molecular complexity index is 421. The average Bonchev–Trinajstić information content (AvgIpc) is 2.18. The van der Waals surface area contributed by atoms with Gasteiger partial charge in [-0.1, -0.05) is 18.7 Å². The molecule has 0 heterocycles. The van der Waals surface area contributed by atoms with E-state index in [0.717, 1.165) is 0 Å². The minimum Gasteiger partial charge on any atom is -0.322 e. The van der Waals surface area contributed by atoms with Gasteiger partial charge in [-0.05, 0) is 26.0 Å².